The van der Waals surface area contributed by atoms with Crippen LogP contribution in [-0.2, 0) is 13.0 Å². The molecule has 0 radical (unpaired) electrons. The Morgan fingerprint density at radius 2 is 2.35 bits per heavy atom. The fourth-order valence-corrected chi connectivity index (χ4v) is 1.89. The fourth-order valence-electron chi connectivity index (χ4n) is 1.44. The van der Waals surface area contributed by atoms with Gasteiger partial charge in [0.05, 0.1) is 12.6 Å². The van der Waals surface area contributed by atoms with Crippen molar-refractivity contribution in [2.24, 2.45) is 5.92 Å². The summed E-state index contributed by atoms with van der Waals surface area (Å²) in [4.78, 5) is 16.5. The molecule has 0 aliphatic rings. The number of Topliss-reactive ketones (excluding diaryl/α,β-unsaturated/α-hetero) is 1. The summed E-state index contributed by atoms with van der Waals surface area (Å²) in [7, 11) is 0. The number of aromatic nitrogens is 5. The molecule has 0 aliphatic carbocycles. The summed E-state index contributed by atoms with van der Waals surface area (Å²) in [6.45, 7) is 4.96. The number of carbonyl (C=O) groups excluding carboxylic acids is 1. The lowest BCUT2D eigenvalue weighted by Gasteiger charge is -2.07. The fraction of sp³-hybridized carbons (Fsp3) is 0.500. The van der Waals surface area contributed by atoms with Crippen LogP contribution < -0.4 is 0 Å². The van der Waals surface area contributed by atoms with E-state index in [-0.39, 0.29) is 12.2 Å². The van der Waals surface area contributed by atoms with Crippen LogP contribution in [0.15, 0.2) is 12.5 Å². The van der Waals surface area contributed by atoms with E-state index in [1.807, 2.05) is 0 Å². The van der Waals surface area contributed by atoms with Gasteiger partial charge in [-0.1, -0.05) is 18.3 Å². The van der Waals surface area contributed by atoms with Crippen LogP contribution in [0.3, 0.4) is 0 Å². The Hall–Kier alpha value is -1.63. The highest BCUT2D eigenvalue weighted by Gasteiger charge is 2.14. The third-order valence-corrected chi connectivity index (χ3v) is 2.89. The highest BCUT2D eigenvalue weighted by Crippen LogP contribution is 2.08. The van der Waals surface area contributed by atoms with E-state index in [0.29, 0.717) is 16.6 Å². The first-order chi connectivity index (χ1) is 8.16. The maximum absolute atomic E-state index is 11.9. The Morgan fingerprint density at radius 1 is 1.53 bits per heavy atom. The van der Waals surface area contributed by atoms with Crippen molar-refractivity contribution in [3.05, 3.63) is 23.2 Å². The molecule has 0 aromatic carbocycles. The second-order valence-corrected chi connectivity index (χ2v) is 4.92. The highest BCUT2D eigenvalue weighted by molar-refractivity contribution is 7.07. The van der Waals surface area contributed by atoms with E-state index in [1.165, 1.54) is 12.5 Å². The monoisotopic (exact) mass is 251 g/mol. The second kappa shape index (κ2) is 5.13. The van der Waals surface area contributed by atoms with Crippen LogP contribution in [0.5, 0.6) is 0 Å². The van der Waals surface area contributed by atoms with Gasteiger partial charge in [0, 0.05) is 6.54 Å². The van der Waals surface area contributed by atoms with Gasteiger partial charge in [-0.15, -0.1) is 5.10 Å². The Balaban J connectivity index is 2.08. The minimum atomic E-state index is -0.0157. The summed E-state index contributed by atoms with van der Waals surface area (Å²) in [5.74, 6) is 1.14. The minimum Gasteiger partial charge on any atom is -0.293 e. The first-order valence-electron chi connectivity index (χ1n) is 5.34. The first kappa shape index (κ1) is 11.8. The van der Waals surface area contributed by atoms with Crippen molar-refractivity contribution in [2.75, 3.05) is 0 Å². The molecule has 2 rings (SSSR count). The maximum Gasteiger partial charge on any atom is 0.183 e. The molecule has 0 spiro atoms. The number of nitrogens with zero attached hydrogens (tertiary/aromatic N) is 5. The Bertz CT molecular complexity index is 491. The molecule has 0 unspecified atom stereocenters. The van der Waals surface area contributed by atoms with E-state index in [4.69, 9.17) is 0 Å². The van der Waals surface area contributed by atoms with Gasteiger partial charge in [-0.25, -0.2) is 9.67 Å². The van der Waals surface area contributed by atoms with Crippen LogP contribution in [0.4, 0.5) is 0 Å². The zero-order chi connectivity index (χ0) is 12.3. The van der Waals surface area contributed by atoms with Gasteiger partial charge in [0.25, 0.3) is 0 Å². The van der Waals surface area contributed by atoms with Gasteiger partial charge in [-0.2, -0.15) is 5.10 Å². The summed E-state index contributed by atoms with van der Waals surface area (Å²) < 4.78 is 5.45. The lowest BCUT2D eigenvalue weighted by atomic mass is 10.2. The van der Waals surface area contributed by atoms with Gasteiger partial charge < -0.3 is 0 Å². The van der Waals surface area contributed by atoms with Gasteiger partial charge in [-0.3, -0.25) is 4.79 Å². The summed E-state index contributed by atoms with van der Waals surface area (Å²) >= 11 is 1.10. The van der Waals surface area contributed by atoms with Crippen molar-refractivity contribution in [2.45, 2.75) is 26.8 Å². The van der Waals surface area contributed by atoms with Gasteiger partial charge >= 0.3 is 0 Å². The highest BCUT2D eigenvalue weighted by atomic mass is 32.1. The molecule has 6 nitrogen and oxygen atoms in total. The van der Waals surface area contributed by atoms with E-state index in [9.17, 15) is 4.79 Å². The molecule has 2 aromatic rings. The van der Waals surface area contributed by atoms with Crippen LogP contribution in [0.1, 0.15) is 29.3 Å². The van der Waals surface area contributed by atoms with E-state index in [1.54, 1.807) is 4.68 Å². The van der Waals surface area contributed by atoms with Gasteiger partial charge in [0.2, 0.25) is 0 Å². The van der Waals surface area contributed by atoms with Crippen LogP contribution in [0.25, 0.3) is 0 Å². The topological polar surface area (TPSA) is 73.6 Å². The molecule has 0 atom stereocenters. The van der Waals surface area contributed by atoms with E-state index >= 15 is 0 Å². The van der Waals surface area contributed by atoms with Crippen molar-refractivity contribution in [3.63, 3.8) is 0 Å². The van der Waals surface area contributed by atoms with Crippen LogP contribution in [0, 0.1) is 5.92 Å². The quantitative estimate of drug-likeness (QED) is 0.747. The predicted molar refractivity (Wildman–Crippen MR) is 62.8 cm³/mol. The maximum atomic E-state index is 11.9. The average Bonchev–Trinajstić information content (AvgIpc) is 2.89. The average molecular weight is 251 g/mol. The molecule has 0 N–H and O–H groups in total. The summed E-state index contributed by atoms with van der Waals surface area (Å²) in [6.07, 6.45) is 3.21. The third-order valence-electron chi connectivity index (χ3n) is 2.19. The van der Waals surface area contributed by atoms with Crippen molar-refractivity contribution >= 4 is 17.3 Å². The number of hydrogen-bond acceptors (Lipinski definition) is 6. The van der Waals surface area contributed by atoms with Crippen LogP contribution in [0.2, 0.25) is 0 Å². The van der Waals surface area contributed by atoms with Crippen LogP contribution in [-0.4, -0.2) is 30.1 Å². The molecule has 7 heteroatoms. The third kappa shape index (κ3) is 2.94. The molecule has 2 heterocycles. The van der Waals surface area contributed by atoms with E-state index < -0.39 is 0 Å². The lowest BCUT2D eigenvalue weighted by molar-refractivity contribution is 0.0992. The first-order valence-corrected chi connectivity index (χ1v) is 6.11. The molecule has 2 aromatic heterocycles. The molecule has 0 saturated carbocycles. The Kier molecular flexibility index (Phi) is 3.58. The van der Waals surface area contributed by atoms with Gasteiger partial charge in [-0.05, 0) is 17.5 Å². The normalized spacial score (nSPS) is 11.0. The number of ketones is 1. The van der Waals surface area contributed by atoms with Gasteiger partial charge in [0.15, 0.2) is 5.78 Å². The van der Waals surface area contributed by atoms with Gasteiger partial charge in [0.1, 0.15) is 17.0 Å². The molecule has 90 valence electrons. The standard InChI is InChI=1S/C10H13N5OS/c1-7(2)5-15-10(11-6-13-15)3-8(16)9-4-12-14-17-9/h4,6-7H,3,5H2,1-2H3. The number of carbonyl (C=O) groups is 1. The minimum absolute atomic E-state index is 0.0157. The summed E-state index contributed by atoms with van der Waals surface area (Å²) in [6, 6.07) is 0. The Morgan fingerprint density at radius 3 is 3.00 bits per heavy atom. The molecule has 0 saturated heterocycles. The molecule has 0 fully saturated rings. The second-order valence-electron chi connectivity index (χ2n) is 4.13. The Labute approximate surface area is 103 Å². The van der Waals surface area contributed by atoms with Crippen molar-refractivity contribution in [1.29, 1.82) is 0 Å². The molecular weight excluding hydrogens is 238 g/mol. The zero-order valence-electron chi connectivity index (χ0n) is 9.70. The van der Waals surface area contributed by atoms with Crippen molar-refractivity contribution in [1.82, 2.24) is 24.4 Å². The summed E-state index contributed by atoms with van der Waals surface area (Å²) in [5, 5.41) is 7.76. The smallest absolute Gasteiger partial charge is 0.183 e. The number of rotatable bonds is 5. The van der Waals surface area contributed by atoms with Crippen molar-refractivity contribution < 1.29 is 4.79 Å². The molecule has 0 amide bonds. The largest absolute Gasteiger partial charge is 0.293 e. The van der Waals surface area contributed by atoms with E-state index in [0.717, 1.165) is 18.1 Å². The van der Waals surface area contributed by atoms with Crippen molar-refractivity contribution in [3.8, 4) is 0 Å². The summed E-state index contributed by atoms with van der Waals surface area (Å²) in [5.41, 5.74) is 0. The number of hydrogen-bond donors (Lipinski definition) is 0. The van der Waals surface area contributed by atoms with Crippen LogP contribution >= 0.6 is 11.5 Å². The SMILES string of the molecule is CC(C)Cn1ncnc1CC(=O)c1cnns1. The predicted octanol–water partition coefficient (Wildman–Crippen LogP) is 1.21. The zero-order valence-corrected chi connectivity index (χ0v) is 10.5. The molecular formula is C10H13N5OS. The molecule has 0 aliphatic heterocycles. The molecule has 0 bridgehead atoms. The van der Waals surface area contributed by atoms with E-state index in [2.05, 4.69) is 33.5 Å². The molecule has 17 heavy (non-hydrogen) atoms. The lowest BCUT2D eigenvalue weighted by Crippen LogP contribution is -2.13.